The van der Waals surface area contributed by atoms with Crippen molar-refractivity contribution < 1.29 is 4.79 Å². The van der Waals surface area contributed by atoms with Gasteiger partial charge in [0, 0.05) is 17.1 Å². The van der Waals surface area contributed by atoms with E-state index in [-0.39, 0.29) is 5.78 Å². The van der Waals surface area contributed by atoms with Gasteiger partial charge in [0.2, 0.25) is 0 Å². The van der Waals surface area contributed by atoms with Crippen LogP contribution in [0.4, 0.5) is 0 Å². The van der Waals surface area contributed by atoms with Gasteiger partial charge in [-0.2, -0.15) is 0 Å². The number of Topliss-reactive ketones (excluding diaryl/α,β-unsaturated/α-hetero) is 1. The van der Waals surface area contributed by atoms with Crippen molar-refractivity contribution in [2.45, 2.75) is 0 Å². The Balaban J connectivity index is 2.48. The zero-order chi connectivity index (χ0) is 11.5. The van der Waals surface area contributed by atoms with E-state index in [9.17, 15) is 4.79 Å². The molecule has 0 saturated heterocycles. The van der Waals surface area contributed by atoms with Crippen molar-refractivity contribution in [1.29, 1.82) is 0 Å². The number of rotatable bonds is 3. The standard InChI is InChI=1S/C13H14N2O/c1-15(2)9-13(16)11-5-3-7-12-10(11)6-4-8-14-12/h3-8H,9H2,1-2H3. The van der Waals surface area contributed by atoms with E-state index in [4.69, 9.17) is 0 Å². The topological polar surface area (TPSA) is 33.2 Å². The van der Waals surface area contributed by atoms with Crippen molar-refractivity contribution in [2.75, 3.05) is 20.6 Å². The molecule has 0 amide bonds. The van der Waals surface area contributed by atoms with Crippen LogP contribution in [0.2, 0.25) is 0 Å². The summed E-state index contributed by atoms with van der Waals surface area (Å²) >= 11 is 0. The smallest absolute Gasteiger partial charge is 0.177 e. The SMILES string of the molecule is CN(C)CC(=O)c1cccc2ncccc12. The number of likely N-dealkylation sites (N-methyl/N-ethyl adjacent to an activating group) is 1. The molecule has 0 spiro atoms. The van der Waals surface area contributed by atoms with Gasteiger partial charge in [0.1, 0.15) is 0 Å². The van der Waals surface area contributed by atoms with Crippen molar-refractivity contribution in [3.63, 3.8) is 0 Å². The highest BCUT2D eigenvalue weighted by atomic mass is 16.1. The first kappa shape index (κ1) is 10.8. The number of fused-ring (bicyclic) bond motifs is 1. The Bertz CT molecular complexity index is 515. The second-order valence-electron chi connectivity index (χ2n) is 4.04. The fourth-order valence-corrected chi connectivity index (χ4v) is 1.72. The number of carbonyl (C=O) groups is 1. The zero-order valence-electron chi connectivity index (χ0n) is 9.47. The predicted octanol–water partition coefficient (Wildman–Crippen LogP) is 1.98. The summed E-state index contributed by atoms with van der Waals surface area (Å²) < 4.78 is 0. The van der Waals surface area contributed by atoms with E-state index in [0.717, 1.165) is 16.5 Å². The van der Waals surface area contributed by atoms with Gasteiger partial charge >= 0.3 is 0 Å². The van der Waals surface area contributed by atoms with E-state index in [1.165, 1.54) is 0 Å². The van der Waals surface area contributed by atoms with Gasteiger partial charge < -0.3 is 4.90 Å². The number of aromatic nitrogens is 1. The summed E-state index contributed by atoms with van der Waals surface area (Å²) in [6.45, 7) is 0.425. The van der Waals surface area contributed by atoms with E-state index in [0.29, 0.717) is 6.54 Å². The van der Waals surface area contributed by atoms with Gasteiger partial charge in [-0.25, -0.2) is 0 Å². The van der Waals surface area contributed by atoms with Crippen LogP contribution in [0.25, 0.3) is 10.9 Å². The molecule has 0 bridgehead atoms. The van der Waals surface area contributed by atoms with Gasteiger partial charge in [-0.05, 0) is 26.2 Å². The third-order valence-electron chi connectivity index (χ3n) is 2.41. The van der Waals surface area contributed by atoms with Crippen molar-refractivity contribution >= 4 is 16.7 Å². The lowest BCUT2D eigenvalue weighted by atomic mass is 10.0. The molecule has 2 aromatic rings. The molecule has 1 aromatic heterocycles. The number of carbonyl (C=O) groups excluding carboxylic acids is 1. The Morgan fingerprint density at radius 1 is 1.25 bits per heavy atom. The van der Waals surface area contributed by atoms with Crippen LogP contribution in [0.15, 0.2) is 36.5 Å². The molecule has 16 heavy (non-hydrogen) atoms. The molecule has 0 aliphatic rings. The number of nitrogens with zero attached hydrogens (tertiary/aromatic N) is 2. The number of hydrogen-bond donors (Lipinski definition) is 0. The monoisotopic (exact) mass is 214 g/mol. The molecular weight excluding hydrogens is 200 g/mol. The molecule has 0 radical (unpaired) electrons. The van der Waals surface area contributed by atoms with Crippen LogP contribution in [0.5, 0.6) is 0 Å². The summed E-state index contributed by atoms with van der Waals surface area (Å²) in [6, 6.07) is 9.44. The van der Waals surface area contributed by atoms with Crippen LogP contribution in [-0.4, -0.2) is 36.3 Å². The molecule has 0 aliphatic heterocycles. The molecule has 0 aliphatic carbocycles. The summed E-state index contributed by atoms with van der Waals surface area (Å²) in [5.74, 6) is 0.128. The molecule has 1 aromatic carbocycles. The highest BCUT2D eigenvalue weighted by Crippen LogP contribution is 2.16. The van der Waals surface area contributed by atoms with Crippen molar-refractivity contribution in [1.82, 2.24) is 9.88 Å². The Labute approximate surface area is 94.7 Å². The summed E-state index contributed by atoms with van der Waals surface area (Å²) in [6.07, 6.45) is 1.74. The van der Waals surface area contributed by atoms with E-state index < -0.39 is 0 Å². The van der Waals surface area contributed by atoms with Gasteiger partial charge in [0.15, 0.2) is 5.78 Å². The van der Waals surface area contributed by atoms with Crippen LogP contribution >= 0.6 is 0 Å². The van der Waals surface area contributed by atoms with Gasteiger partial charge in [-0.15, -0.1) is 0 Å². The molecule has 1 heterocycles. The maximum absolute atomic E-state index is 12.0. The lowest BCUT2D eigenvalue weighted by Gasteiger charge is -2.09. The van der Waals surface area contributed by atoms with E-state index in [1.807, 2.05) is 49.3 Å². The van der Waals surface area contributed by atoms with Gasteiger partial charge in [-0.1, -0.05) is 18.2 Å². The Morgan fingerprint density at radius 2 is 2.06 bits per heavy atom. The zero-order valence-corrected chi connectivity index (χ0v) is 9.47. The molecule has 3 heteroatoms. The van der Waals surface area contributed by atoms with E-state index in [1.54, 1.807) is 6.20 Å². The highest BCUT2D eigenvalue weighted by Gasteiger charge is 2.10. The predicted molar refractivity (Wildman–Crippen MR) is 64.6 cm³/mol. The number of hydrogen-bond acceptors (Lipinski definition) is 3. The van der Waals surface area contributed by atoms with Gasteiger partial charge in [-0.3, -0.25) is 9.78 Å². The minimum Gasteiger partial charge on any atom is -0.302 e. The molecule has 82 valence electrons. The highest BCUT2D eigenvalue weighted by molar-refractivity contribution is 6.08. The summed E-state index contributed by atoms with van der Waals surface area (Å²) in [4.78, 5) is 18.1. The maximum Gasteiger partial charge on any atom is 0.177 e. The quantitative estimate of drug-likeness (QED) is 0.732. The first-order chi connectivity index (χ1) is 7.68. The van der Waals surface area contributed by atoms with Crippen LogP contribution in [0.1, 0.15) is 10.4 Å². The van der Waals surface area contributed by atoms with E-state index >= 15 is 0 Å². The molecule has 0 unspecified atom stereocenters. The van der Waals surface area contributed by atoms with Crippen molar-refractivity contribution in [3.8, 4) is 0 Å². The first-order valence-electron chi connectivity index (χ1n) is 5.20. The fraction of sp³-hybridized carbons (Fsp3) is 0.231. The minimum atomic E-state index is 0.128. The molecule has 0 saturated carbocycles. The van der Waals surface area contributed by atoms with Crippen LogP contribution in [0, 0.1) is 0 Å². The third kappa shape index (κ3) is 2.09. The number of pyridine rings is 1. The Morgan fingerprint density at radius 3 is 2.81 bits per heavy atom. The van der Waals surface area contributed by atoms with Crippen molar-refractivity contribution in [3.05, 3.63) is 42.1 Å². The third-order valence-corrected chi connectivity index (χ3v) is 2.41. The van der Waals surface area contributed by atoms with E-state index in [2.05, 4.69) is 4.98 Å². The fourth-order valence-electron chi connectivity index (χ4n) is 1.72. The second kappa shape index (κ2) is 4.41. The number of benzene rings is 1. The lowest BCUT2D eigenvalue weighted by molar-refractivity contribution is 0.0959. The average molecular weight is 214 g/mol. The van der Waals surface area contributed by atoms with Gasteiger partial charge in [0.05, 0.1) is 12.1 Å². The normalized spacial score (nSPS) is 10.9. The maximum atomic E-state index is 12.0. The lowest BCUT2D eigenvalue weighted by Crippen LogP contribution is -2.21. The molecular formula is C13H14N2O. The molecule has 2 rings (SSSR count). The van der Waals surface area contributed by atoms with Crippen molar-refractivity contribution in [2.24, 2.45) is 0 Å². The van der Waals surface area contributed by atoms with Crippen LogP contribution < -0.4 is 0 Å². The summed E-state index contributed by atoms with van der Waals surface area (Å²) in [7, 11) is 3.78. The van der Waals surface area contributed by atoms with Crippen LogP contribution in [0.3, 0.4) is 0 Å². The minimum absolute atomic E-state index is 0.128. The van der Waals surface area contributed by atoms with Crippen LogP contribution in [-0.2, 0) is 0 Å². The molecule has 0 atom stereocenters. The summed E-state index contributed by atoms with van der Waals surface area (Å²) in [5, 5.41) is 0.928. The molecule has 0 fully saturated rings. The van der Waals surface area contributed by atoms with Gasteiger partial charge in [0.25, 0.3) is 0 Å². The summed E-state index contributed by atoms with van der Waals surface area (Å²) in [5.41, 5.74) is 1.62. The first-order valence-corrected chi connectivity index (χ1v) is 5.20. The molecule has 0 N–H and O–H groups in total. The Kier molecular flexibility index (Phi) is 2.97. The Hall–Kier alpha value is -1.74. The number of ketones is 1. The average Bonchev–Trinajstić information content (AvgIpc) is 2.27. The second-order valence-corrected chi connectivity index (χ2v) is 4.04. The largest absolute Gasteiger partial charge is 0.302 e. The molecule has 3 nitrogen and oxygen atoms in total.